The Bertz CT molecular complexity index is 1230. The zero-order chi connectivity index (χ0) is 24.6. The Morgan fingerprint density at radius 1 is 0.971 bits per heavy atom. The molecule has 3 aromatic carbocycles. The lowest BCUT2D eigenvalue weighted by Gasteiger charge is -2.22. The fourth-order valence-electron chi connectivity index (χ4n) is 4.21. The molecular weight excluding hydrogens is 438 g/mol. The Morgan fingerprint density at radius 3 is 2.34 bits per heavy atom. The van der Waals surface area contributed by atoms with Crippen LogP contribution >= 0.6 is 0 Å². The number of rotatable bonds is 11. The van der Waals surface area contributed by atoms with Crippen molar-refractivity contribution in [3.8, 4) is 16.9 Å². The first-order valence-electron chi connectivity index (χ1n) is 11.9. The molecule has 6 nitrogen and oxygen atoms in total. The summed E-state index contributed by atoms with van der Waals surface area (Å²) in [5.41, 5.74) is 10.2. The van der Waals surface area contributed by atoms with E-state index in [4.69, 9.17) is 10.5 Å². The lowest BCUT2D eigenvalue weighted by atomic mass is 10.0. The van der Waals surface area contributed by atoms with Gasteiger partial charge in [0.05, 0.1) is 25.1 Å². The number of nitrogens with two attached hydrogens (primary N) is 1. The van der Waals surface area contributed by atoms with Gasteiger partial charge < -0.3 is 20.1 Å². The van der Waals surface area contributed by atoms with Gasteiger partial charge >= 0.3 is 0 Å². The minimum Gasteiger partial charge on any atom is -0.493 e. The van der Waals surface area contributed by atoms with Crippen molar-refractivity contribution in [3.05, 3.63) is 108 Å². The van der Waals surface area contributed by atoms with Gasteiger partial charge in [-0.1, -0.05) is 72.8 Å². The molecule has 0 saturated carbocycles. The van der Waals surface area contributed by atoms with Crippen LogP contribution in [0.25, 0.3) is 11.1 Å². The second-order valence-electron chi connectivity index (χ2n) is 8.69. The van der Waals surface area contributed by atoms with Gasteiger partial charge in [0.15, 0.2) is 0 Å². The number of carbonyl (C=O) groups excluding carboxylic acids is 1. The van der Waals surface area contributed by atoms with Gasteiger partial charge in [-0.25, -0.2) is 4.98 Å². The third-order valence-electron chi connectivity index (χ3n) is 6.19. The average Bonchev–Trinajstić information content (AvgIpc) is 3.36. The number of ether oxygens (including phenoxy) is 1. The first-order chi connectivity index (χ1) is 17.0. The number of aliphatic hydroxyl groups is 1. The standard InChI is InChI=1S/C29H31N3O3/c1-21(33)27(32-19-26(29(30)34)31-20-32)16-15-25-9-5-6-10-28(25)35-18-17-22-11-13-24(14-12-22)23-7-3-2-4-8-23/h2-14,19-21,27,33H,15-18H2,1H3,(H2,30,34). The Labute approximate surface area is 206 Å². The second kappa shape index (κ2) is 11.5. The van der Waals surface area contributed by atoms with E-state index in [9.17, 15) is 9.90 Å². The summed E-state index contributed by atoms with van der Waals surface area (Å²) in [6.45, 7) is 2.31. The Morgan fingerprint density at radius 2 is 1.66 bits per heavy atom. The molecule has 4 aromatic rings. The quantitative estimate of drug-likeness (QED) is 0.329. The summed E-state index contributed by atoms with van der Waals surface area (Å²) in [4.78, 5) is 15.4. The van der Waals surface area contributed by atoms with E-state index in [1.165, 1.54) is 16.7 Å². The van der Waals surface area contributed by atoms with Gasteiger partial charge in [-0.2, -0.15) is 0 Å². The molecule has 1 heterocycles. The molecule has 0 aliphatic rings. The Hall–Kier alpha value is -3.90. The summed E-state index contributed by atoms with van der Waals surface area (Å²) >= 11 is 0. The van der Waals surface area contributed by atoms with Crippen LogP contribution in [-0.2, 0) is 12.8 Å². The molecule has 1 amide bonds. The normalized spacial score (nSPS) is 12.7. The van der Waals surface area contributed by atoms with Gasteiger partial charge in [0.2, 0.25) is 0 Å². The van der Waals surface area contributed by atoms with Crippen molar-refractivity contribution in [2.24, 2.45) is 5.73 Å². The Kier molecular flexibility index (Phi) is 7.95. The highest BCUT2D eigenvalue weighted by atomic mass is 16.5. The van der Waals surface area contributed by atoms with Crippen LogP contribution in [0, 0.1) is 0 Å². The van der Waals surface area contributed by atoms with Gasteiger partial charge in [0.1, 0.15) is 11.4 Å². The predicted molar refractivity (Wildman–Crippen MR) is 137 cm³/mol. The minimum absolute atomic E-state index is 0.191. The molecule has 0 radical (unpaired) electrons. The van der Waals surface area contributed by atoms with E-state index in [2.05, 4.69) is 41.4 Å². The third-order valence-corrected chi connectivity index (χ3v) is 6.19. The minimum atomic E-state index is -0.614. The lowest BCUT2D eigenvalue weighted by molar-refractivity contribution is 0.0994. The van der Waals surface area contributed by atoms with Crippen LogP contribution in [0.4, 0.5) is 0 Å². The zero-order valence-electron chi connectivity index (χ0n) is 19.9. The SMILES string of the molecule is CC(O)C(CCc1ccccc1OCCc1ccc(-c2ccccc2)cc1)n1cnc(C(N)=O)c1. The van der Waals surface area contributed by atoms with Gasteiger partial charge in [0, 0.05) is 12.6 Å². The number of benzene rings is 3. The number of aromatic nitrogens is 2. The summed E-state index contributed by atoms with van der Waals surface area (Å²) in [5.74, 6) is 0.266. The third kappa shape index (κ3) is 6.37. The maximum atomic E-state index is 11.4. The molecule has 0 aliphatic carbocycles. The molecule has 35 heavy (non-hydrogen) atoms. The maximum Gasteiger partial charge on any atom is 0.268 e. The number of hydrogen-bond acceptors (Lipinski definition) is 4. The number of para-hydroxylation sites is 1. The fourth-order valence-corrected chi connectivity index (χ4v) is 4.21. The van der Waals surface area contributed by atoms with Crippen molar-refractivity contribution in [1.29, 1.82) is 0 Å². The number of aliphatic hydroxyl groups excluding tert-OH is 1. The largest absolute Gasteiger partial charge is 0.493 e. The molecule has 4 rings (SSSR count). The second-order valence-corrected chi connectivity index (χ2v) is 8.69. The molecular formula is C29H31N3O3. The van der Waals surface area contributed by atoms with Crippen LogP contribution in [0.1, 0.15) is 41.0 Å². The monoisotopic (exact) mass is 469 g/mol. The molecule has 2 atom stereocenters. The molecule has 0 fully saturated rings. The first kappa shape index (κ1) is 24.2. The summed E-state index contributed by atoms with van der Waals surface area (Å²) in [6, 6.07) is 26.7. The molecule has 1 aromatic heterocycles. The predicted octanol–water partition coefficient (Wildman–Crippen LogP) is 4.83. The topological polar surface area (TPSA) is 90.4 Å². The van der Waals surface area contributed by atoms with Crippen LogP contribution in [0.5, 0.6) is 5.75 Å². The highest BCUT2D eigenvalue weighted by Gasteiger charge is 2.19. The van der Waals surface area contributed by atoms with Crippen LogP contribution in [0.15, 0.2) is 91.4 Å². The molecule has 3 N–H and O–H groups in total. The smallest absolute Gasteiger partial charge is 0.268 e. The molecule has 0 spiro atoms. The number of carbonyl (C=O) groups is 1. The molecule has 180 valence electrons. The summed E-state index contributed by atoms with van der Waals surface area (Å²) in [7, 11) is 0. The summed E-state index contributed by atoms with van der Waals surface area (Å²) in [6.07, 6.45) is 4.70. The molecule has 0 aliphatic heterocycles. The van der Waals surface area contributed by atoms with Crippen LogP contribution in [0.2, 0.25) is 0 Å². The lowest BCUT2D eigenvalue weighted by Crippen LogP contribution is -2.21. The fraction of sp³-hybridized carbons (Fsp3) is 0.241. The number of imidazole rings is 1. The van der Waals surface area contributed by atoms with Crippen molar-refractivity contribution in [1.82, 2.24) is 9.55 Å². The van der Waals surface area contributed by atoms with E-state index in [0.29, 0.717) is 19.4 Å². The van der Waals surface area contributed by atoms with Gasteiger partial charge in [0.25, 0.3) is 5.91 Å². The number of aryl methyl sites for hydroxylation is 1. The summed E-state index contributed by atoms with van der Waals surface area (Å²) in [5, 5.41) is 10.3. The van der Waals surface area contributed by atoms with Crippen LogP contribution in [-0.4, -0.2) is 33.3 Å². The zero-order valence-corrected chi connectivity index (χ0v) is 19.9. The molecule has 6 heteroatoms. The Balaban J connectivity index is 1.35. The van der Waals surface area contributed by atoms with E-state index in [0.717, 1.165) is 17.7 Å². The van der Waals surface area contributed by atoms with Crippen molar-refractivity contribution < 1.29 is 14.6 Å². The van der Waals surface area contributed by atoms with Crippen molar-refractivity contribution in [2.45, 2.75) is 38.3 Å². The van der Waals surface area contributed by atoms with Crippen LogP contribution < -0.4 is 10.5 Å². The van der Waals surface area contributed by atoms with Crippen molar-refractivity contribution in [2.75, 3.05) is 6.61 Å². The van der Waals surface area contributed by atoms with E-state index < -0.39 is 12.0 Å². The van der Waals surface area contributed by atoms with E-state index >= 15 is 0 Å². The number of hydrogen-bond donors (Lipinski definition) is 2. The van der Waals surface area contributed by atoms with E-state index in [-0.39, 0.29) is 11.7 Å². The molecule has 0 bridgehead atoms. The number of primary amides is 1. The summed E-state index contributed by atoms with van der Waals surface area (Å²) < 4.78 is 7.90. The average molecular weight is 470 g/mol. The highest BCUT2D eigenvalue weighted by Crippen LogP contribution is 2.25. The number of amides is 1. The van der Waals surface area contributed by atoms with Crippen LogP contribution in [0.3, 0.4) is 0 Å². The van der Waals surface area contributed by atoms with E-state index in [1.807, 2.05) is 42.5 Å². The number of nitrogens with zero attached hydrogens (tertiary/aromatic N) is 2. The van der Waals surface area contributed by atoms with Crippen molar-refractivity contribution >= 4 is 5.91 Å². The van der Waals surface area contributed by atoms with Crippen molar-refractivity contribution in [3.63, 3.8) is 0 Å². The molecule has 2 unspecified atom stereocenters. The van der Waals surface area contributed by atoms with Gasteiger partial charge in [-0.05, 0) is 48.1 Å². The van der Waals surface area contributed by atoms with Gasteiger partial charge in [-0.15, -0.1) is 0 Å². The van der Waals surface area contributed by atoms with Gasteiger partial charge in [-0.3, -0.25) is 4.79 Å². The van der Waals surface area contributed by atoms with E-state index in [1.54, 1.807) is 24.0 Å². The first-order valence-corrected chi connectivity index (χ1v) is 11.9. The maximum absolute atomic E-state index is 11.4. The highest BCUT2D eigenvalue weighted by molar-refractivity contribution is 5.90. The molecule has 0 saturated heterocycles.